The minimum atomic E-state index is -0.799. The van der Waals surface area contributed by atoms with Crippen LogP contribution in [0, 0.1) is 17.6 Å². The molecule has 2 heterocycles. The number of piperidine rings is 1. The number of carbonyl (C=O) groups is 1. The Morgan fingerprint density at radius 2 is 1.55 bits per heavy atom. The van der Waals surface area contributed by atoms with Gasteiger partial charge in [0.25, 0.3) is 0 Å². The van der Waals surface area contributed by atoms with Crippen LogP contribution >= 0.6 is 0 Å². The molecule has 2 aliphatic heterocycles. The lowest BCUT2D eigenvalue weighted by atomic mass is 9.98. The topological polar surface area (TPSA) is 32.8 Å². The van der Waals surface area contributed by atoms with Gasteiger partial charge in [-0.25, -0.2) is 13.6 Å². The van der Waals surface area contributed by atoms with Gasteiger partial charge >= 0.3 is 6.09 Å². The highest BCUT2D eigenvalue weighted by atomic mass is 19.2. The van der Waals surface area contributed by atoms with E-state index in [0.29, 0.717) is 19.1 Å². The minimum absolute atomic E-state index is 0.150. The summed E-state index contributed by atoms with van der Waals surface area (Å²) in [6, 6.07) is 13.4. The summed E-state index contributed by atoms with van der Waals surface area (Å²) < 4.78 is 29.4. The van der Waals surface area contributed by atoms with E-state index < -0.39 is 11.6 Å². The van der Waals surface area contributed by atoms with Crippen LogP contribution in [-0.2, 0) is 17.7 Å². The molecule has 1 fully saturated rings. The van der Waals surface area contributed by atoms with Crippen molar-refractivity contribution in [2.45, 2.75) is 25.8 Å². The summed E-state index contributed by atoms with van der Waals surface area (Å²) in [5.41, 5.74) is 2.61. The Hall–Kier alpha value is -2.47. The monoisotopic (exact) mass is 402 g/mol. The lowest BCUT2D eigenvalue weighted by molar-refractivity contribution is 0.0697. The number of benzene rings is 2. The van der Waals surface area contributed by atoms with Gasteiger partial charge in [-0.1, -0.05) is 36.4 Å². The third kappa shape index (κ3) is 6.26. The van der Waals surface area contributed by atoms with Crippen molar-refractivity contribution in [3.63, 3.8) is 0 Å². The molecule has 29 heavy (non-hydrogen) atoms. The number of hydrogen-bond donors (Lipinski definition) is 0. The van der Waals surface area contributed by atoms with Crippen molar-refractivity contribution in [3.8, 4) is 0 Å². The van der Waals surface area contributed by atoms with Gasteiger partial charge in [0, 0.05) is 13.1 Å². The average molecular weight is 402 g/mol. The molecule has 0 spiro atoms. The molecule has 0 atom stereocenters. The van der Waals surface area contributed by atoms with Gasteiger partial charge in [0.2, 0.25) is 0 Å². The highest BCUT2D eigenvalue weighted by molar-refractivity contribution is 5.68. The summed E-state index contributed by atoms with van der Waals surface area (Å²) in [5, 5.41) is 0. The smallest absolute Gasteiger partial charge is 0.410 e. The van der Waals surface area contributed by atoms with Crippen molar-refractivity contribution >= 4 is 6.09 Å². The van der Waals surface area contributed by atoms with Crippen LogP contribution in [0.3, 0.4) is 0 Å². The van der Waals surface area contributed by atoms with Crippen LogP contribution in [0.5, 0.6) is 0 Å². The zero-order chi connectivity index (χ0) is 20.6. The Morgan fingerprint density at radius 1 is 0.966 bits per heavy atom. The third-order valence-corrected chi connectivity index (χ3v) is 5.49. The molecule has 6 heteroatoms. The first-order chi connectivity index (χ1) is 14.0. The van der Waals surface area contributed by atoms with E-state index >= 15 is 0 Å². The van der Waals surface area contributed by atoms with E-state index in [2.05, 4.69) is 30.1 Å². The lowest BCUT2D eigenvalue weighted by Crippen LogP contribution is -2.38. The van der Waals surface area contributed by atoms with Crippen LogP contribution in [0.25, 0.3) is 0 Å². The largest absolute Gasteiger partial charge is 0.449 e. The number of halogens is 2. The van der Waals surface area contributed by atoms with Crippen molar-refractivity contribution in [1.29, 1.82) is 0 Å². The highest BCUT2D eigenvalue weighted by Gasteiger charge is 2.23. The Balaban J connectivity index is 0.000000252. The van der Waals surface area contributed by atoms with E-state index in [1.54, 1.807) is 0 Å². The zero-order valence-electron chi connectivity index (χ0n) is 16.8. The molecule has 1 amide bonds. The van der Waals surface area contributed by atoms with Gasteiger partial charge in [0.05, 0.1) is 6.61 Å². The summed E-state index contributed by atoms with van der Waals surface area (Å²) >= 11 is 0. The minimum Gasteiger partial charge on any atom is -0.449 e. The van der Waals surface area contributed by atoms with Crippen LogP contribution in [0.4, 0.5) is 13.6 Å². The Bertz CT molecular complexity index is 786. The average Bonchev–Trinajstić information content (AvgIpc) is 2.75. The van der Waals surface area contributed by atoms with Crippen LogP contribution in [0.2, 0.25) is 0 Å². The molecule has 156 valence electrons. The molecule has 2 aliphatic rings. The molecule has 0 unspecified atom stereocenters. The standard InChI is InChI=1S/C17H24N2O2.C6H4F2/c1-18-9-6-14(7-10-18)13-21-17(20)19-11-8-15-4-2-3-5-16(15)12-19;7-5-3-1-2-4-6(5)8/h2-5,14H,6-13H2,1H3;1-4H. The predicted molar refractivity (Wildman–Crippen MR) is 108 cm³/mol. The fourth-order valence-electron chi connectivity index (χ4n) is 3.60. The first-order valence-corrected chi connectivity index (χ1v) is 10.1. The highest BCUT2D eigenvalue weighted by Crippen LogP contribution is 2.20. The second-order valence-electron chi connectivity index (χ2n) is 7.68. The van der Waals surface area contributed by atoms with Gasteiger partial charge in [-0.3, -0.25) is 0 Å². The summed E-state index contributed by atoms with van der Waals surface area (Å²) in [4.78, 5) is 16.4. The maximum atomic E-state index is 12.2. The van der Waals surface area contributed by atoms with Gasteiger partial charge in [0.15, 0.2) is 11.6 Å². The van der Waals surface area contributed by atoms with E-state index in [9.17, 15) is 13.6 Å². The van der Waals surface area contributed by atoms with Crippen LogP contribution < -0.4 is 0 Å². The number of carbonyl (C=O) groups excluding carboxylic acids is 1. The van der Waals surface area contributed by atoms with E-state index in [4.69, 9.17) is 4.74 Å². The molecule has 0 bridgehead atoms. The summed E-state index contributed by atoms with van der Waals surface area (Å²) in [7, 11) is 2.15. The molecule has 4 rings (SSSR count). The van der Waals surface area contributed by atoms with E-state index in [-0.39, 0.29) is 6.09 Å². The zero-order valence-corrected chi connectivity index (χ0v) is 16.8. The first-order valence-electron chi connectivity index (χ1n) is 10.1. The molecular formula is C23H28F2N2O2. The summed E-state index contributed by atoms with van der Waals surface area (Å²) in [5.74, 6) is -1.07. The van der Waals surface area contributed by atoms with Crippen LogP contribution in [-0.4, -0.2) is 49.2 Å². The van der Waals surface area contributed by atoms with Crippen molar-refractivity contribution in [1.82, 2.24) is 9.80 Å². The van der Waals surface area contributed by atoms with Crippen molar-refractivity contribution in [2.24, 2.45) is 5.92 Å². The maximum Gasteiger partial charge on any atom is 0.410 e. The molecule has 0 radical (unpaired) electrons. The number of rotatable bonds is 2. The van der Waals surface area contributed by atoms with E-state index in [1.165, 1.54) is 23.3 Å². The molecule has 2 aromatic carbocycles. The number of likely N-dealkylation sites (tertiary alicyclic amines) is 1. The fourth-order valence-corrected chi connectivity index (χ4v) is 3.60. The molecule has 0 aliphatic carbocycles. The van der Waals surface area contributed by atoms with Crippen LogP contribution in [0.1, 0.15) is 24.0 Å². The molecular weight excluding hydrogens is 374 g/mol. The molecule has 2 aromatic rings. The number of ether oxygens (including phenoxy) is 1. The lowest BCUT2D eigenvalue weighted by Gasteiger charge is -2.31. The van der Waals surface area contributed by atoms with Crippen LogP contribution in [0.15, 0.2) is 48.5 Å². The van der Waals surface area contributed by atoms with E-state index in [1.807, 2.05) is 11.0 Å². The molecule has 0 N–H and O–H groups in total. The quantitative estimate of drug-likeness (QED) is 0.742. The van der Waals surface area contributed by atoms with Gasteiger partial charge in [-0.05, 0) is 68.6 Å². The van der Waals surface area contributed by atoms with Gasteiger partial charge < -0.3 is 14.5 Å². The molecule has 1 saturated heterocycles. The van der Waals surface area contributed by atoms with Gasteiger partial charge in [-0.2, -0.15) is 0 Å². The molecule has 0 saturated carbocycles. The fraction of sp³-hybridized carbons (Fsp3) is 0.435. The third-order valence-electron chi connectivity index (χ3n) is 5.49. The SMILES string of the molecule is CN1CCC(COC(=O)N2CCc3ccccc3C2)CC1.Fc1ccccc1F. The summed E-state index contributed by atoms with van der Waals surface area (Å²) in [6.45, 7) is 4.25. The normalized spacial score (nSPS) is 17.1. The summed E-state index contributed by atoms with van der Waals surface area (Å²) in [6.07, 6.45) is 3.04. The van der Waals surface area contributed by atoms with Crippen molar-refractivity contribution in [3.05, 3.63) is 71.3 Å². The second kappa shape index (κ2) is 10.3. The Labute approximate surface area is 171 Å². The van der Waals surface area contributed by atoms with Crippen molar-refractivity contribution in [2.75, 3.05) is 33.3 Å². The second-order valence-corrected chi connectivity index (χ2v) is 7.68. The Morgan fingerprint density at radius 3 is 2.17 bits per heavy atom. The first kappa shape index (κ1) is 21.2. The predicted octanol–water partition coefficient (Wildman–Crippen LogP) is 4.49. The number of hydrogen-bond acceptors (Lipinski definition) is 3. The molecule has 0 aromatic heterocycles. The number of fused-ring (bicyclic) bond motifs is 1. The van der Waals surface area contributed by atoms with Gasteiger partial charge in [0.1, 0.15) is 0 Å². The Kier molecular flexibility index (Phi) is 7.58. The van der Waals surface area contributed by atoms with Crippen molar-refractivity contribution < 1.29 is 18.3 Å². The molecule has 4 nitrogen and oxygen atoms in total. The maximum absolute atomic E-state index is 12.2. The number of amides is 1. The van der Waals surface area contributed by atoms with Gasteiger partial charge in [-0.15, -0.1) is 0 Å². The van der Waals surface area contributed by atoms with E-state index in [0.717, 1.165) is 51.0 Å². The number of nitrogens with zero attached hydrogens (tertiary/aromatic N) is 2.